The molecule has 0 aliphatic carbocycles. The minimum Gasteiger partial charge on any atom is -0.508 e. The van der Waals surface area contributed by atoms with Crippen LogP contribution in [-0.2, 0) is 19.8 Å². The fourth-order valence-electron chi connectivity index (χ4n) is 5.89. The fraction of sp³-hybridized carbons (Fsp3) is 0.361. The number of β-amino-alcohol motifs (C(OH)–C–C–N with tert-alkyl or cyclic N) is 1. The van der Waals surface area contributed by atoms with Crippen molar-refractivity contribution in [2.75, 3.05) is 25.0 Å². The summed E-state index contributed by atoms with van der Waals surface area (Å²) in [6, 6.07) is 13.5. The molecule has 0 bridgehead atoms. The van der Waals surface area contributed by atoms with E-state index < -0.39 is 55.0 Å². The second kappa shape index (κ2) is 16.3. The molecule has 10 N–H and O–H groups in total. The van der Waals surface area contributed by atoms with Crippen LogP contribution in [0.15, 0.2) is 75.1 Å². The summed E-state index contributed by atoms with van der Waals surface area (Å²) in [4.78, 5) is 47.1. The van der Waals surface area contributed by atoms with Gasteiger partial charge in [0.2, 0.25) is 5.91 Å². The molecule has 2 heterocycles. The molecule has 5 rings (SSSR count). The lowest BCUT2D eigenvalue weighted by Gasteiger charge is -2.30. The van der Waals surface area contributed by atoms with Gasteiger partial charge in [0.25, 0.3) is 0 Å². The summed E-state index contributed by atoms with van der Waals surface area (Å²) in [5.41, 5.74) is 2.55. The summed E-state index contributed by atoms with van der Waals surface area (Å²) in [5.74, 6) is -2.81. The quantitative estimate of drug-likeness (QED) is 0.0887. The van der Waals surface area contributed by atoms with E-state index >= 15 is 0 Å². The number of carboxylic acids is 1. The molecule has 276 valence electrons. The number of aldehydes is 1. The standard InChI is InChI=1S/C36H42BrN7O8/c1-36(2,3)20-8-18(9-21(37)12-20)29(31(34(51)52)44-33(50)30-26(17-45)25-6-4-5-7-27(25)42-30)43-28(48)16-38-32(49)19-10-22(13-23(46)11-19)41-35-39-14-24(47)15-40-35/h4-13,17,24,26,29,31-33,38,44,46-47,49-50H,14-16H2,1-3H3,(H,43,48)(H,51,52)(H2,39,40,41). The number of anilines is 1. The van der Waals surface area contributed by atoms with Crippen LogP contribution in [0.1, 0.15) is 61.2 Å². The number of aliphatic carboxylic acids is 1. The molecule has 2 aliphatic rings. The van der Waals surface area contributed by atoms with E-state index in [0.717, 1.165) is 5.56 Å². The number of aliphatic hydroxyl groups is 3. The second-order valence-electron chi connectivity index (χ2n) is 13.6. The topological polar surface area (TPSA) is 237 Å². The zero-order valence-electron chi connectivity index (χ0n) is 28.7. The largest absolute Gasteiger partial charge is 0.508 e. The normalized spacial score (nSPS) is 19.2. The average molecular weight is 781 g/mol. The lowest BCUT2D eigenvalue weighted by Crippen LogP contribution is -2.55. The number of halogens is 1. The monoisotopic (exact) mass is 779 g/mol. The number of aliphatic hydroxyl groups excluding tert-OH is 3. The molecular formula is C36H42BrN7O8. The number of hydrogen-bond acceptors (Lipinski definition) is 13. The van der Waals surface area contributed by atoms with Gasteiger partial charge in [-0.1, -0.05) is 61.0 Å². The third-order valence-corrected chi connectivity index (χ3v) is 9.05. The Morgan fingerprint density at radius 3 is 2.48 bits per heavy atom. The number of rotatable bonds is 13. The first-order valence-corrected chi connectivity index (χ1v) is 17.3. The molecule has 3 aromatic rings. The van der Waals surface area contributed by atoms with Crippen molar-refractivity contribution in [2.45, 2.75) is 62.7 Å². The first-order valence-electron chi connectivity index (χ1n) is 16.5. The molecule has 0 radical (unpaired) electrons. The van der Waals surface area contributed by atoms with Gasteiger partial charge < -0.3 is 46.3 Å². The van der Waals surface area contributed by atoms with E-state index in [2.05, 4.69) is 52.5 Å². The zero-order valence-corrected chi connectivity index (χ0v) is 30.3. The lowest BCUT2D eigenvalue weighted by atomic mass is 9.84. The zero-order chi connectivity index (χ0) is 37.7. The Bertz CT molecular complexity index is 1880. The minimum atomic E-state index is -1.68. The van der Waals surface area contributed by atoms with Gasteiger partial charge in [-0.15, -0.1) is 0 Å². The molecule has 16 heteroatoms. The molecule has 6 unspecified atom stereocenters. The van der Waals surface area contributed by atoms with Gasteiger partial charge >= 0.3 is 5.97 Å². The molecule has 0 saturated heterocycles. The molecule has 2 aliphatic heterocycles. The summed E-state index contributed by atoms with van der Waals surface area (Å²) in [6.07, 6.45) is -3.10. The third kappa shape index (κ3) is 9.39. The molecule has 0 fully saturated rings. The summed E-state index contributed by atoms with van der Waals surface area (Å²) in [7, 11) is 0. The number of fused-ring (bicyclic) bond motifs is 1. The Labute approximate surface area is 308 Å². The Balaban J connectivity index is 1.37. The number of hydrogen-bond donors (Lipinski definition) is 10. The van der Waals surface area contributed by atoms with Crippen molar-refractivity contribution >= 4 is 57.1 Å². The van der Waals surface area contributed by atoms with Crippen molar-refractivity contribution in [3.8, 4) is 5.75 Å². The van der Waals surface area contributed by atoms with E-state index in [4.69, 9.17) is 0 Å². The maximum absolute atomic E-state index is 13.5. The van der Waals surface area contributed by atoms with Crippen molar-refractivity contribution in [1.82, 2.24) is 21.3 Å². The summed E-state index contributed by atoms with van der Waals surface area (Å²) in [5, 5.41) is 66.7. The Hall–Kier alpha value is -4.71. The molecule has 0 spiro atoms. The molecular weight excluding hydrogens is 738 g/mol. The number of carbonyl (C=O) groups excluding carboxylic acids is 2. The molecule has 15 nitrogen and oxygen atoms in total. The van der Waals surface area contributed by atoms with Crippen molar-refractivity contribution in [1.29, 1.82) is 0 Å². The molecule has 3 aromatic carbocycles. The maximum atomic E-state index is 13.5. The van der Waals surface area contributed by atoms with Gasteiger partial charge in [-0.3, -0.25) is 30.2 Å². The summed E-state index contributed by atoms with van der Waals surface area (Å²) < 4.78 is 0.628. The molecule has 0 aromatic heterocycles. The van der Waals surface area contributed by atoms with E-state index in [-0.39, 0.29) is 35.5 Å². The predicted octanol–water partition coefficient (Wildman–Crippen LogP) is 2.05. The predicted molar refractivity (Wildman–Crippen MR) is 198 cm³/mol. The number of phenolic OH excluding ortho intramolecular Hbond substituents is 1. The SMILES string of the molecule is CC(C)(C)c1cc(Br)cc(C(NC(=O)CNC(O)c2cc(O)cc(NC3=NCC(O)CN3)c2)C(NC(O)C2=Nc3ccccc3C2C=O)C(=O)O)c1. The van der Waals surface area contributed by atoms with Gasteiger partial charge in [0.05, 0.1) is 42.6 Å². The van der Waals surface area contributed by atoms with Crippen LogP contribution in [0.3, 0.4) is 0 Å². The highest BCUT2D eigenvalue weighted by atomic mass is 79.9. The second-order valence-corrected chi connectivity index (χ2v) is 14.5. The van der Waals surface area contributed by atoms with Crippen LogP contribution in [0.2, 0.25) is 0 Å². The molecule has 52 heavy (non-hydrogen) atoms. The Morgan fingerprint density at radius 1 is 1.06 bits per heavy atom. The van der Waals surface area contributed by atoms with Crippen molar-refractivity contribution in [3.63, 3.8) is 0 Å². The van der Waals surface area contributed by atoms with Crippen LogP contribution >= 0.6 is 15.9 Å². The highest BCUT2D eigenvalue weighted by molar-refractivity contribution is 9.10. The molecule has 6 atom stereocenters. The van der Waals surface area contributed by atoms with Crippen molar-refractivity contribution in [3.05, 3.63) is 87.4 Å². The van der Waals surface area contributed by atoms with Gasteiger partial charge in [-0.2, -0.15) is 0 Å². The van der Waals surface area contributed by atoms with Gasteiger partial charge in [0, 0.05) is 28.3 Å². The third-order valence-electron chi connectivity index (χ3n) is 8.59. The average Bonchev–Trinajstić information content (AvgIpc) is 3.47. The number of aromatic hydroxyl groups is 1. The van der Waals surface area contributed by atoms with Crippen molar-refractivity contribution < 1.29 is 39.9 Å². The van der Waals surface area contributed by atoms with Crippen LogP contribution in [0.25, 0.3) is 0 Å². The van der Waals surface area contributed by atoms with E-state index in [9.17, 15) is 39.9 Å². The van der Waals surface area contributed by atoms with E-state index in [1.807, 2.05) is 26.8 Å². The van der Waals surface area contributed by atoms with E-state index in [0.29, 0.717) is 39.2 Å². The van der Waals surface area contributed by atoms with Crippen LogP contribution in [0, 0.1) is 0 Å². The number of carboxylic acid groups (broad SMARTS) is 1. The Kier molecular flexibility index (Phi) is 12.1. The number of para-hydroxylation sites is 1. The van der Waals surface area contributed by atoms with Crippen LogP contribution in [0.5, 0.6) is 5.75 Å². The number of benzene rings is 3. The number of nitrogens with zero attached hydrogens (tertiary/aromatic N) is 2. The number of nitrogens with one attached hydrogen (secondary N) is 5. The van der Waals surface area contributed by atoms with Gasteiger partial charge in [-0.25, -0.2) is 0 Å². The summed E-state index contributed by atoms with van der Waals surface area (Å²) in [6.45, 7) is 5.94. The highest BCUT2D eigenvalue weighted by Gasteiger charge is 2.38. The number of amides is 1. The molecule has 1 amide bonds. The van der Waals surface area contributed by atoms with Gasteiger partial charge in [0.15, 0.2) is 5.96 Å². The summed E-state index contributed by atoms with van der Waals surface area (Å²) >= 11 is 3.50. The van der Waals surface area contributed by atoms with Gasteiger partial charge in [0.1, 0.15) is 30.5 Å². The first kappa shape index (κ1) is 38.5. The lowest BCUT2D eigenvalue weighted by molar-refractivity contribution is -0.141. The van der Waals surface area contributed by atoms with Crippen LogP contribution in [0.4, 0.5) is 11.4 Å². The van der Waals surface area contributed by atoms with Crippen molar-refractivity contribution in [2.24, 2.45) is 9.98 Å². The fourth-order valence-corrected chi connectivity index (χ4v) is 6.40. The van der Waals surface area contributed by atoms with Crippen LogP contribution < -0.4 is 26.6 Å². The maximum Gasteiger partial charge on any atom is 0.323 e. The van der Waals surface area contributed by atoms with E-state index in [1.54, 1.807) is 36.4 Å². The number of carbonyl (C=O) groups is 3. The van der Waals surface area contributed by atoms with Gasteiger partial charge in [-0.05, 0) is 52.4 Å². The first-order chi connectivity index (χ1) is 24.6. The number of phenols is 1. The smallest absolute Gasteiger partial charge is 0.323 e. The highest BCUT2D eigenvalue weighted by Crippen LogP contribution is 2.35. The van der Waals surface area contributed by atoms with E-state index in [1.165, 1.54) is 18.2 Å². The Morgan fingerprint density at radius 2 is 1.81 bits per heavy atom. The minimum absolute atomic E-state index is 0.0193. The number of guanidine groups is 1. The van der Waals surface area contributed by atoms with Crippen LogP contribution in [-0.4, -0.2) is 93.4 Å². The molecule has 0 saturated carbocycles. The number of aliphatic imine (C=N–C) groups is 2.